The Morgan fingerprint density at radius 3 is 1.79 bits per heavy atom. The van der Waals surface area contributed by atoms with Gasteiger partial charge < -0.3 is 5.32 Å². The maximum Gasteiger partial charge on any atom is 0.251 e. The summed E-state index contributed by atoms with van der Waals surface area (Å²) in [5, 5.41) is 4.33. The monoisotopic (exact) mass is 727 g/mol. The van der Waals surface area contributed by atoms with E-state index in [1.165, 1.54) is 120 Å². The number of hydrogen-bond donors (Lipinski definition) is 1. The standard InChI is InChI=1S/C36H58INO2S2/c1-28(2)38-36(40)31-22-20-30(21-23-31)35(39)32(26-41-33-16-10-5-3-4-6-11-17-33)27-42-34-18-12-8-7-9-14-29(19-24-34)15-13-25-37/h20-23,28-29,32-34H,3-19,24-27H2,1-2H3,(H,38,40). The van der Waals surface area contributed by atoms with Crippen LogP contribution in [-0.2, 0) is 0 Å². The summed E-state index contributed by atoms with van der Waals surface area (Å²) < 4.78 is 1.28. The normalized spacial score (nSPS) is 22.5. The Kier molecular flexibility index (Phi) is 18.6. The van der Waals surface area contributed by atoms with E-state index in [2.05, 4.69) is 51.4 Å². The van der Waals surface area contributed by atoms with Gasteiger partial charge in [-0.05, 0) is 81.3 Å². The molecule has 0 aromatic heterocycles. The molecule has 0 radical (unpaired) electrons. The predicted octanol–water partition coefficient (Wildman–Crippen LogP) is 10.9. The highest BCUT2D eigenvalue weighted by atomic mass is 127. The summed E-state index contributed by atoms with van der Waals surface area (Å²) in [6, 6.07) is 7.54. The van der Waals surface area contributed by atoms with Crippen molar-refractivity contribution in [3.05, 3.63) is 35.4 Å². The van der Waals surface area contributed by atoms with E-state index in [-0.39, 0.29) is 23.7 Å². The molecule has 6 heteroatoms. The molecular weight excluding hydrogens is 669 g/mol. The molecule has 3 nitrogen and oxygen atoms in total. The van der Waals surface area contributed by atoms with Crippen LogP contribution in [-0.4, -0.2) is 44.2 Å². The van der Waals surface area contributed by atoms with Crippen LogP contribution in [0.3, 0.4) is 0 Å². The SMILES string of the molecule is CC(C)NC(=O)c1ccc(C(=O)C(CSC2CCCCCCCC2)CSC2CCCCCCC(CCCI)CC2)cc1. The number of ketones is 1. The molecular formula is C36H58INO2S2. The molecule has 2 fully saturated rings. The van der Waals surface area contributed by atoms with E-state index in [0.717, 1.165) is 23.0 Å². The number of alkyl halides is 1. The predicted molar refractivity (Wildman–Crippen MR) is 195 cm³/mol. The number of amides is 1. The largest absolute Gasteiger partial charge is 0.350 e. The number of halogens is 1. The summed E-state index contributed by atoms with van der Waals surface area (Å²) in [5.41, 5.74) is 1.39. The minimum Gasteiger partial charge on any atom is -0.350 e. The number of benzene rings is 1. The summed E-state index contributed by atoms with van der Waals surface area (Å²) in [6.45, 7) is 3.94. The van der Waals surface area contributed by atoms with Crippen molar-refractivity contribution in [2.75, 3.05) is 15.9 Å². The van der Waals surface area contributed by atoms with E-state index < -0.39 is 0 Å². The van der Waals surface area contributed by atoms with Crippen LogP contribution < -0.4 is 5.32 Å². The summed E-state index contributed by atoms with van der Waals surface area (Å²) in [6.07, 6.45) is 24.5. The van der Waals surface area contributed by atoms with E-state index in [4.69, 9.17) is 0 Å². The third-order valence-corrected chi connectivity index (χ3v) is 13.0. The van der Waals surface area contributed by atoms with Crippen LogP contribution in [0.1, 0.15) is 150 Å². The van der Waals surface area contributed by atoms with E-state index >= 15 is 0 Å². The molecule has 1 aromatic carbocycles. The zero-order valence-electron chi connectivity index (χ0n) is 26.6. The van der Waals surface area contributed by atoms with Crippen molar-refractivity contribution >= 4 is 57.8 Å². The lowest BCUT2D eigenvalue weighted by Crippen LogP contribution is -2.30. The van der Waals surface area contributed by atoms with Crippen molar-refractivity contribution in [2.24, 2.45) is 11.8 Å². The first-order valence-corrected chi connectivity index (χ1v) is 20.8. The summed E-state index contributed by atoms with van der Waals surface area (Å²) in [5.74, 6) is 2.99. The summed E-state index contributed by atoms with van der Waals surface area (Å²) in [4.78, 5) is 26.5. The lowest BCUT2D eigenvalue weighted by Gasteiger charge is -2.25. The quantitative estimate of drug-likeness (QED) is 0.125. The first-order valence-electron chi connectivity index (χ1n) is 17.2. The van der Waals surface area contributed by atoms with E-state index in [1.807, 2.05) is 38.1 Å². The molecule has 0 bridgehead atoms. The van der Waals surface area contributed by atoms with Crippen molar-refractivity contribution in [3.63, 3.8) is 0 Å². The van der Waals surface area contributed by atoms with Gasteiger partial charge in [0.15, 0.2) is 5.78 Å². The van der Waals surface area contributed by atoms with Gasteiger partial charge in [-0.3, -0.25) is 9.59 Å². The van der Waals surface area contributed by atoms with Crippen LogP contribution in [0.2, 0.25) is 0 Å². The first-order chi connectivity index (χ1) is 20.5. The number of hydrogen-bond acceptors (Lipinski definition) is 4. The summed E-state index contributed by atoms with van der Waals surface area (Å²) >= 11 is 6.72. The highest BCUT2D eigenvalue weighted by molar-refractivity contribution is 14.1. The van der Waals surface area contributed by atoms with Crippen LogP contribution in [0.4, 0.5) is 0 Å². The van der Waals surface area contributed by atoms with Gasteiger partial charge in [0.25, 0.3) is 5.91 Å². The topological polar surface area (TPSA) is 46.2 Å². The molecule has 0 aliphatic heterocycles. The van der Waals surface area contributed by atoms with Gasteiger partial charge in [0, 0.05) is 45.1 Å². The molecule has 3 unspecified atom stereocenters. The average molecular weight is 728 g/mol. The molecule has 2 aliphatic carbocycles. The molecule has 1 amide bonds. The number of carbonyl (C=O) groups is 2. The Morgan fingerprint density at radius 1 is 0.738 bits per heavy atom. The van der Waals surface area contributed by atoms with Crippen molar-refractivity contribution in [1.29, 1.82) is 0 Å². The molecule has 3 rings (SSSR count). The first kappa shape index (κ1) is 36.3. The van der Waals surface area contributed by atoms with Crippen LogP contribution in [0.25, 0.3) is 0 Å². The van der Waals surface area contributed by atoms with Gasteiger partial charge in [-0.2, -0.15) is 23.5 Å². The second-order valence-electron chi connectivity index (χ2n) is 13.1. The fraction of sp³-hybridized carbons (Fsp3) is 0.778. The molecule has 0 saturated heterocycles. The molecule has 3 atom stereocenters. The number of Topliss-reactive ketones (excluding diaryl/α,β-unsaturated/α-hetero) is 1. The fourth-order valence-corrected chi connectivity index (χ4v) is 9.96. The maximum atomic E-state index is 14.0. The van der Waals surface area contributed by atoms with Crippen LogP contribution >= 0.6 is 46.1 Å². The molecule has 0 heterocycles. The Hall–Kier alpha value is -0.210. The van der Waals surface area contributed by atoms with Crippen molar-refractivity contribution < 1.29 is 9.59 Å². The number of nitrogens with one attached hydrogen (secondary N) is 1. The van der Waals surface area contributed by atoms with Gasteiger partial charge in [0.2, 0.25) is 0 Å². The zero-order chi connectivity index (χ0) is 30.0. The number of rotatable bonds is 13. The van der Waals surface area contributed by atoms with E-state index in [0.29, 0.717) is 16.1 Å². The Labute approximate surface area is 280 Å². The van der Waals surface area contributed by atoms with Gasteiger partial charge in [-0.1, -0.05) is 105 Å². The van der Waals surface area contributed by atoms with Crippen molar-refractivity contribution in [2.45, 2.75) is 146 Å². The van der Waals surface area contributed by atoms with Gasteiger partial charge in [0.1, 0.15) is 0 Å². The lowest BCUT2D eigenvalue weighted by atomic mass is 9.89. The number of carbonyl (C=O) groups excluding carboxylic acids is 2. The smallest absolute Gasteiger partial charge is 0.251 e. The summed E-state index contributed by atoms with van der Waals surface area (Å²) in [7, 11) is 0. The molecule has 1 aromatic rings. The fourth-order valence-electron chi connectivity index (χ4n) is 6.52. The highest BCUT2D eigenvalue weighted by Crippen LogP contribution is 2.34. The van der Waals surface area contributed by atoms with E-state index in [1.54, 1.807) is 0 Å². The van der Waals surface area contributed by atoms with Gasteiger partial charge in [-0.25, -0.2) is 0 Å². The molecule has 42 heavy (non-hydrogen) atoms. The third kappa shape index (κ3) is 14.3. The van der Waals surface area contributed by atoms with E-state index in [9.17, 15) is 9.59 Å². The Morgan fingerprint density at radius 2 is 1.24 bits per heavy atom. The van der Waals surface area contributed by atoms with Gasteiger partial charge >= 0.3 is 0 Å². The molecule has 0 spiro atoms. The molecule has 1 N–H and O–H groups in total. The van der Waals surface area contributed by atoms with Crippen LogP contribution in [0, 0.1) is 11.8 Å². The highest BCUT2D eigenvalue weighted by Gasteiger charge is 2.25. The minimum absolute atomic E-state index is 0.0354. The Bertz CT molecular complexity index is 883. The molecule has 2 saturated carbocycles. The zero-order valence-corrected chi connectivity index (χ0v) is 30.3. The lowest BCUT2D eigenvalue weighted by molar-refractivity contribution is 0.0932. The molecule has 2 aliphatic rings. The van der Waals surface area contributed by atoms with Crippen LogP contribution in [0.5, 0.6) is 0 Å². The second-order valence-corrected chi connectivity index (χ2v) is 16.9. The third-order valence-electron chi connectivity index (χ3n) is 9.12. The van der Waals surface area contributed by atoms with Crippen LogP contribution in [0.15, 0.2) is 24.3 Å². The minimum atomic E-state index is -0.0698. The Balaban J connectivity index is 1.67. The molecule has 238 valence electrons. The van der Waals surface area contributed by atoms with Gasteiger partial charge in [-0.15, -0.1) is 0 Å². The number of thioether (sulfide) groups is 2. The van der Waals surface area contributed by atoms with Crippen molar-refractivity contribution in [1.82, 2.24) is 5.32 Å². The van der Waals surface area contributed by atoms with Crippen molar-refractivity contribution in [3.8, 4) is 0 Å². The maximum absolute atomic E-state index is 14.0. The van der Waals surface area contributed by atoms with Gasteiger partial charge in [0.05, 0.1) is 0 Å². The average Bonchev–Trinajstić information content (AvgIpc) is 3.13. The second kappa shape index (κ2) is 21.5.